The molecule has 3 N–H and O–H groups in total. The van der Waals surface area contributed by atoms with E-state index in [-0.39, 0.29) is 32.0 Å². The highest BCUT2D eigenvalue weighted by atomic mass is 16.6. The van der Waals surface area contributed by atoms with Crippen LogP contribution in [0.4, 0.5) is 4.79 Å². The van der Waals surface area contributed by atoms with Gasteiger partial charge in [-0.1, -0.05) is 12.1 Å². The molecule has 142 valence electrons. The molecular weight excluding hydrogens is 340 g/mol. The van der Waals surface area contributed by atoms with Crippen LogP contribution in [0, 0.1) is 0 Å². The summed E-state index contributed by atoms with van der Waals surface area (Å²) in [5.41, 5.74) is -1.27. The molecule has 1 atom stereocenters. The third kappa shape index (κ3) is 4.51. The van der Waals surface area contributed by atoms with Gasteiger partial charge >= 0.3 is 12.1 Å². The fraction of sp³-hybridized carbons (Fsp3) is 0.500. The van der Waals surface area contributed by atoms with E-state index in [4.69, 9.17) is 9.84 Å². The third-order valence-corrected chi connectivity index (χ3v) is 4.09. The molecule has 1 aliphatic heterocycles. The molecule has 1 aromatic carbocycles. The van der Waals surface area contributed by atoms with Crippen LogP contribution >= 0.6 is 0 Å². The lowest BCUT2D eigenvalue weighted by Crippen LogP contribution is -2.57. The van der Waals surface area contributed by atoms with Gasteiger partial charge in [0.15, 0.2) is 5.54 Å². The van der Waals surface area contributed by atoms with E-state index in [0.717, 1.165) is 0 Å². The summed E-state index contributed by atoms with van der Waals surface area (Å²) in [4.78, 5) is 37.8. The van der Waals surface area contributed by atoms with E-state index in [2.05, 4.69) is 5.32 Å². The molecule has 1 fully saturated rings. The summed E-state index contributed by atoms with van der Waals surface area (Å²) in [6, 6.07) is 6.42. The Labute approximate surface area is 151 Å². The number of carbonyl (C=O) groups excluding carboxylic acids is 2. The van der Waals surface area contributed by atoms with Crippen molar-refractivity contribution >= 4 is 18.0 Å². The number of hydrogen-bond donors (Lipinski definition) is 3. The molecule has 1 aromatic rings. The van der Waals surface area contributed by atoms with Crippen molar-refractivity contribution in [1.29, 1.82) is 0 Å². The smallest absolute Gasteiger partial charge is 0.408 e. The van der Waals surface area contributed by atoms with Crippen LogP contribution in [0.3, 0.4) is 0 Å². The van der Waals surface area contributed by atoms with E-state index < -0.39 is 23.2 Å². The van der Waals surface area contributed by atoms with Gasteiger partial charge in [-0.2, -0.15) is 0 Å². The van der Waals surface area contributed by atoms with Crippen molar-refractivity contribution in [3.63, 3.8) is 0 Å². The van der Waals surface area contributed by atoms with Crippen LogP contribution in [0.15, 0.2) is 24.3 Å². The summed E-state index contributed by atoms with van der Waals surface area (Å²) in [6.45, 7) is 4.96. The van der Waals surface area contributed by atoms with Crippen molar-refractivity contribution in [3.8, 4) is 0 Å². The number of benzene rings is 1. The molecule has 1 saturated heterocycles. The monoisotopic (exact) mass is 364 g/mol. The number of carboxylic acid groups (broad SMARTS) is 1. The first kappa shape index (κ1) is 19.7. The summed E-state index contributed by atoms with van der Waals surface area (Å²) in [7, 11) is 0. The van der Waals surface area contributed by atoms with E-state index in [9.17, 15) is 19.5 Å². The predicted octanol–water partition coefficient (Wildman–Crippen LogP) is 1.37. The highest BCUT2D eigenvalue weighted by Gasteiger charge is 2.48. The van der Waals surface area contributed by atoms with Gasteiger partial charge in [0.05, 0.1) is 13.2 Å². The summed E-state index contributed by atoms with van der Waals surface area (Å²) in [5.74, 6) is -1.54. The summed E-state index contributed by atoms with van der Waals surface area (Å²) >= 11 is 0. The second-order valence-electron chi connectivity index (χ2n) is 7.35. The van der Waals surface area contributed by atoms with Gasteiger partial charge in [-0.25, -0.2) is 9.59 Å². The molecule has 8 heteroatoms. The first-order valence-electron chi connectivity index (χ1n) is 8.30. The van der Waals surface area contributed by atoms with Crippen LogP contribution in [0.5, 0.6) is 0 Å². The fourth-order valence-electron chi connectivity index (χ4n) is 2.75. The SMILES string of the molecule is CC(C)(C)OC(=O)NC1(C(=O)O)CCN(C(=O)c2ccc(CO)cc2)C1. The van der Waals surface area contributed by atoms with Crippen molar-refractivity contribution in [2.24, 2.45) is 0 Å². The summed E-state index contributed by atoms with van der Waals surface area (Å²) in [6.07, 6.45) is -0.747. The van der Waals surface area contributed by atoms with E-state index in [1.807, 2.05) is 0 Å². The van der Waals surface area contributed by atoms with Crippen LogP contribution in [0.2, 0.25) is 0 Å². The van der Waals surface area contributed by atoms with Crippen molar-refractivity contribution in [2.45, 2.75) is 44.9 Å². The van der Waals surface area contributed by atoms with E-state index in [1.54, 1.807) is 45.0 Å². The molecule has 8 nitrogen and oxygen atoms in total. The molecule has 0 radical (unpaired) electrons. The lowest BCUT2D eigenvalue weighted by Gasteiger charge is -2.28. The van der Waals surface area contributed by atoms with Gasteiger partial charge < -0.3 is 25.2 Å². The Hall–Kier alpha value is -2.61. The number of rotatable bonds is 4. The average Bonchev–Trinajstić information content (AvgIpc) is 2.98. The molecule has 0 aromatic heterocycles. The molecule has 0 aliphatic carbocycles. The quantitative estimate of drug-likeness (QED) is 0.743. The minimum absolute atomic E-state index is 0.0854. The van der Waals surface area contributed by atoms with Crippen molar-refractivity contribution in [2.75, 3.05) is 13.1 Å². The highest BCUT2D eigenvalue weighted by Crippen LogP contribution is 2.24. The maximum Gasteiger partial charge on any atom is 0.408 e. The maximum atomic E-state index is 12.6. The van der Waals surface area contributed by atoms with Crippen LogP contribution in [-0.2, 0) is 16.1 Å². The van der Waals surface area contributed by atoms with E-state index in [0.29, 0.717) is 11.1 Å². The van der Waals surface area contributed by atoms with Crippen LogP contribution < -0.4 is 5.32 Å². The number of carbonyl (C=O) groups is 3. The number of alkyl carbamates (subject to hydrolysis) is 1. The first-order chi connectivity index (χ1) is 12.1. The highest BCUT2D eigenvalue weighted by molar-refractivity contribution is 5.96. The van der Waals surface area contributed by atoms with Gasteiger partial charge in [-0.05, 0) is 38.5 Å². The molecule has 0 saturated carbocycles. The Kier molecular flexibility index (Phi) is 5.56. The third-order valence-electron chi connectivity index (χ3n) is 4.09. The predicted molar refractivity (Wildman–Crippen MR) is 92.6 cm³/mol. The van der Waals surface area contributed by atoms with Gasteiger partial charge in [0, 0.05) is 18.5 Å². The molecule has 2 amide bonds. The van der Waals surface area contributed by atoms with Gasteiger partial charge in [-0.3, -0.25) is 4.79 Å². The minimum Gasteiger partial charge on any atom is -0.479 e. The van der Waals surface area contributed by atoms with Crippen molar-refractivity contribution < 1.29 is 29.3 Å². The second-order valence-corrected chi connectivity index (χ2v) is 7.35. The maximum absolute atomic E-state index is 12.6. The van der Waals surface area contributed by atoms with Crippen LogP contribution in [-0.4, -0.2) is 57.3 Å². The van der Waals surface area contributed by atoms with Crippen molar-refractivity contribution in [3.05, 3.63) is 35.4 Å². The number of aliphatic carboxylic acids is 1. The standard InChI is InChI=1S/C18H24N2O6/c1-17(2,3)26-16(25)19-18(15(23)24)8-9-20(11-18)14(22)13-6-4-12(10-21)5-7-13/h4-7,21H,8-11H2,1-3H3,(H,19,25)(H,23,24). The number of carboxylic acids is 1. The summed E-state index contributed by atoms with van der Waals surface area (Å²) in [5, 5.41) is 21.1. The Bertz CT molecular complexity index is 695. The summed E-state index contributed by atoms with van der Waals surface area (Å²) < 4.78 is 5.14. The first-order valence-corrected chi connectivity index (χ1v) is 8.30. The second kappa shape index (κ2) is 7.33. The van der Waals surface area contributed by atoms with E-state index >= 15 is 0 Å². The normalized spacial score (nSPS) is 19.9. The number of likely N-dealkylation sites (tertiary alicyclic amines) is 1. The van der Waals surface area contributed by atoms with Gasteiger partial charge in [0.25, 0.3) is 5.91 Å². The zero-order valence-corrected chi connectivity index (χ0v) is 15.1. The lowest BCUT2D eigenvalue weighted by atomic mass is 9.99. The number of aliphatic hydroxyl groups excluding tert-OH is 1. The average molecular weight is 364 g/mol. The van der Waals surface area contributed by atoms with Crippen LogP contribution in [0.1, 0.15) is 43.1 Å². The number of aliphatic hydroxyl groups is 1. The van der Waals surface area contributed by atoms with Gasteiger partial charge in [0.2, 0.25) is 0 Å². The number of ether oxygens (including phenoxy) is 1. The molecular formula is C18H24N2O6. The topological polar surface area (TPSA) is 116 Å². The fourth-order valence-corrected chi connectivity index (χ4v) is 2.75. The van der Waals surface area contributed by atoms with E-state index in [1.165, 1.54) is 4.90 Å². The number of hydrogen-bond acceptors (Lipinski definition) is 5. The number of amides is 2. The molecule has 0 spiro atoms. The molecule has 1 heterocycles. The molecule has 1 unspecified atom stereocenters. The Morgan fingerprint density at radius 2 is 1.85 bits per heavy atom. The molecule has 2 rings (SSSR count). The Balaban J connectivity index is 2.11. The van der Waals surface area contributed by atoms with Crippen molar-refractivity contribution in [1.82, 2.24) is 10.2 Å². The largest absolute Gasteiger partial charge is 0.479 e. The Morgan fingerprint density at radius 1 is 1.23 bits per heavy atom. The molecule has 0 bridgehead atoms. The zero-order chi connectivity index (χ0) is 19.5. The van der Waals surface area contributed by atoms with Crippen LogP contribution in [0.25, 0.3) is 0 Å². The lowest BCUT2D eigenvalue weighted by molar-refractivity contribution is -0.144. The van der Waals surface area contributed by atoms with Gasteiger partial charge in [0.1, 0.15) is 5.60 Å². The Morgan fingerprint density at radius 3 is 2.35 bits per heavy atom. The zero-order valence-electron chi connectivity index (χ0n) is 15.1. The number of nitrogens with one attached hydrogen (secondary N) is 1. The number of nitrogens with zero attached hydrogens (tertiary/aromatic N) is 1. The molecule has 1 aliphatic rings. The minimum atomic E-state index is -1.58. The van der Waals surface area contributed by atoms with Gasteiger partial charge in [-0.15, -0.1) is 0 Å². The molecule has 26 heavy (non-hydrogen) atoms.